The zero-order valence-electron chi connectivity index (χ0n) is 11.1. The Hall–Kier alpha value is -0.650. The van der Waals surface area contributed by atoms with E-state index in [1.54, 1.807) is 13.2 Å². The van der Waals surface area contributed by atoms with Gasteiger partial charge in [-0.2, -0.15) is 0 Å². The Bertz CT molecular complexity index is 571. The average molecular weight is 405 g/mol. The minimum absolute atomic E-state index is 0.239. The maximum Gasteiger partial charge on any atom is 0.124 e. The molecule has 0 bridgehead atoms. The van der Waals surface area contributed by atoms with Gasteiger partial charge in [0.15, 0.2) is 0 Å². The van der Waals surface area contributed by atoms with Crippen molar-refractivity contribution in [3.8, 4) is 0 Å². The minimum Gasteiger partial charge on any atom is -0.384 e. The van der Waals surface area contributed by atoms with Gasteiger partial charge in [-0.05, 0) is 57.8 Å². The van der Waals surface area contributed by atoms with Crippen LogP contribution in [0.4, 0.5) is 4.39 Å². The summed E-state index contributed by atoms with van der Waals surface area (Å²) in [4.78, 5) is 0. The molecule has 20 heavy (non-hydrogen) atoms. The normalized spacial score (nSPS) is 12.4. The van der Waals surface area contributed by atoms with Gasteiger partial charge in [-0.25, -0.2) is 4.39 Å². The Morgan fingerprint density at radius 1 is 1.20 bits per heavy atom. The first-order valence-electron chi connectivity index (χ1n) is 6.28. The van der Waals surface area contributed by atoms with Crippen LogP contribution in [0.5, 0.6) is 0 Å². The van der Waals surface area contributed by atoms with Crippen molar-refractivity contribution in [1.29, 1.82) is 0 Å². The van der Waals surface area contributed by atoms with Gasteiger partial charge in [-0.1, -0.05) is 30.3 Å². The third kappa shape index (κ3) is 3.93. The predicted molar refractivity (Wildman–Crippen MR) is 88.8 cm³/mol. The largest absolute Gasteiger partial charge is 0.384 e. The van der Waals surface area contributed by atoms with Crippen molar-refractivity contribution in [1.82, 2.24) is 0 Å². The summed E-state index contributed by atoms with van der Waals surface area (Å²) in [5.74, 6) is -0.239. The SMILES string of the molecule is COCCc1ccc(C(Cl)c2ccc(F)cc2I)cc1. The zero-order valence-corrected chi connectivity index (χ0v) is 14.0. The summed E-state index contributed by atoms with van der Waals surface area (Å²) in [6.45, 7) is 0.708. The van der Waals surface area contributed by atoms with Gasteiger partial charge in [-0.15, -0.1) is 11.6 Å². The van der Waals surface area contributed by atoms with Crippen molar-refractivity contribution in [3.63, 3.8) is 0 Å². The molecule has 1 unspecified atom stereocenters. The minimum atomic E-state index is -0.265. The molecule has 4 heteroatoms. The maximum atomic E-state index is 13.1. The van der Waals surface area contributed by atoms with E-state index in [2.05, 4.69) is 34.7 Å². The van der Waals surface area contributed by atoms with Gasteiger partial charge in [0.05, 0.1) is 12.0 Å². The number of methoxy groups -OCH3 is 1. The van der Waals surface area contributed by atoms with Crippen molar-refractivity contribution < 1.29 is 9.13 Å². The highest BCUT2D eigenvalue weighted by Gasteiger charge is 2.14. The summed E-state index contributed by atoms with van der Waals surface area (Å²) >= 11 is 8.61. The van der Waals surface area contributed by atoms with E-state index in [0.717, 1.165) is 21.1 Å². The van der Waals surface area contributed by atoms with Gasteiger partial charge < -0.3 is 4.74 Å². The van der Waals surface area contributed by atoms with E-state index in [0.29, 0.717) is 6.61 Å². The van der Waals surface area contributed by atoms with Crippen molar-refractivity contribution in [2.75, 3.05) is 13.7 Å². The number of alkyl halides is 1. The second kappa shape index (κ2) is 7.38. The number of rotatable bonds is 5. The summed E-state index contributed by atoms with van der Waals surface area (Å²) in [5, 5.41) is -0.265. The third-order valence-electron chi connectivity index (χ3n) is 3.10. The van der Waals surface area contributed by atoms with E-state index in [-0.39, 0.29) is 11.2 Å². The van der Waals surface area contributed by atoms with E-state index in [4.69, 9.17) is 16.3 Å². The standard InChI is InChI=1S/C16H15ClFIO/c1-20-9-8-11-2-4-12(5-3-11)16(17)14-7-6-13(18)10-15(14)19/h2-7,10,16H,8-9H2,1H3. The van der Waals surface area contributed by atoms with Crippen molar-refractivity contribution in [2.45, 2.75) is 11.8 Å². The molecule has 0 amide bonds. The third-order valence-corrected chi connectivity index (χ3v) is 4.52. The lowest BCUT2D eigenvalue weighted by atomic mass is 10.0. The lowest BCUT2D eigenvalue weighted by Crippen LogP contribution is -1.98. The molecule has 1 atom stereocenters. The first-order valence-corrected chi connectivity index (χ1v) is 7.80. The highest BCUT2D eigenvalue weighted by Crippen LogP contribution is 2.32. The number of hydrogen-bond donors (Lipinski definition) is 0. The molecule has 0 saturated heterocycles. The fourth-order valence-corrected chi connectivity index (χ4v) is 3.27. The van der Waals surface area contributed by atoms with Gasteiger partial charge in [0.2, 0.25) is 0 Å². The van der Waals surface area contributed by atoms with Crippen LogP contribution in [-0.4, -0.2) is 13.7 Å². The molecule has 2 aromatic carbocycles. The second-order valence-electron chi connectivity index (χ2n) is 4.51. The summed E-state index contributed by atoms with van der Waals surface area (Å²) in [5.41, 5.74) is 3.16. The molecule has 0 aliphatic heterocycles. The first-order chi connectivity index (χ1) is 9.61. The van der Waals surface area contributed by atoms with Gasteiger partial charge in [-0.3, -0.25) is 0 Å². The number of hydrogen-bond acceptors (Lipinski definition) is 1. The molecule has 0 aliphatic rings. The Morgan fingerprint density at radius 2 is 1.90 bits per heavy atom. The summed E-state index contributed by atoms with van der Waals surface area (Å²) in [7, 11) is 1.69. The van der Waals surface area contributed by atoms with Gasteiger partial charge >= 0.3 is 0 Å². The maximum absolute atomic E-state index is 13.1. The molecule has 0 heterocycles. The molecule has 106 valence electrons. The molecular weight excluding hydrogens is 390 g/mol. The molecule has 0 fully saturated rings. The molecule has 0 radical (unpaired) electrons. The topological polar surface area (TPSA) is 9.23 Å². The fourth-order valence-electron chi connectivity index (χ4n) is 1.96. The predicted octanol–water partition coefficient (Wildman–Crippen LogP) is 4.95. The van der Waals surface area contributed by atoms with Gasteiger partial charge in [0, 0.05) is 10.7 Å². The Kier molecular flexibility index (Phi) is 5.81. The van der Waals surface area contributed by atoms with Crippen LogP contribution in [0.2, 0.25) is 0 Å². The Balaban J connectivity index is 2.18. The quantitative estimate of drug-likeness (QED) is 0.506. The highest BCUT2D eigenvalue weighted by molar-refractivity contribution is 14.1. The van der Waals surface area contributed by atoms with E-state index < -0.39 is 0 Å². The van der Waals surface area contributed by atoms with Crippen LogP contribution in [0.25, 0.3) is 0 Å². The summed E-state index contributed by atoms with van der Waals surface area (Å²) in [6, 6.07) is 12.8. The molecule has 0 saturated carbocycles. The van der Waals surface area contributed by atoms with E-state index in [9.17, 15) is 4.39 Å². The molecule has 0 aromatic heterocycles. The van der Waals surface area contributed by atoms with Crippen molar-refractivity contribution in [2.24, 2.45) is 0 Å². The van der Waals surface area contributed by atoms with Crippen LogP contribution in [-0.2, 0) is 11.2 Å². The van der Waals surface area contributed by atoms with E-state index in [1.807, 2.05) is 12.1 Å². The lowest BCUT2D eigenvalue weighted by Gasteiger charge is -2.13. The van der Waals surface area contributed by atoms with Crippen LogP contribution < -0.4 is 0 Å². The van der Waals surface area contributed by atoms with Crippen LogP contribution in [0.1, 0.15) is 22.1 Å². The van der Waals surface area contributed by atoms with Crippen LogP contribution >= 0.6 is 34.2 Å². The van der Waals surface area contributed by atoms with Crippen LogP contribution in [0.15, 0.2) is 42.5 Å². The summed E-state index contributed by atoms with van der Waals surface area (Å²) in [6.07, 6.45) is 0.887. The number of ether oxygens (including phenoxy) is 1. The van der Waals surface area contributed by atoms with Gasteiger partial charge in [0.1, 0.15) is 5.82 Å². The monoisotopic (exact) mass is 404 g/mol. The molecule has 0 spiro atoms. The number of benzene rings is 2. The lowest BCUT2D eigenvalue weighted by molar-refractivity contribution is 0.202. The number of halogens is 3. The van der Waals surface area contributed by atoms with E-state index in [1.165, 1.54) is 17.7 Å². The molecule has 2 aromatic rings. The van der Waals surface area contributed by atoms with Crippen molar-refractivity contribution in [3.05, 3.63) is 68.5 Å². The Morgan fingerprint density at radius 3 is 2.50 bits per heavy atom. The van der Waals surface area contributed by atoms with Crippen LogP contribution in [0, 0.1) is 9.39 Å². The average Bonchev–Trinajstić information content (AvgIpc) is 2.45. The molecule has 1 nitrogen and oxygen atoms in total. The van der Waals surface area contributed by atoms with Crippen LogP contribution in [0.3, 0.4) is 0 Å². The summed E-state index contributed by atoms with van der Waals surface area (Å²) < 4.78 is 19.0. The Labute approximate surface area is 137 Å². The second-order valence-corrected chi connectivity index (χ2v) is 6.11. The van der Waals surface area contributed by atoms with Crippen molar-refractivity contribution >= 4 is 34.2 Å². The smallest absolute Gasteiger partial charge is 0.124 e. The highest BCUT2D eigenvalue weighted by atomic mass is 127. The molecule has 2 rings (SSSR count). The van der Waals surface area contributed by atoms with E-state index >= 15 is 0 Å². The fraction of sp³-hybridized carbons (Fsp3) is 0.250. The first kappa shape index (κ1) is 15.7. The molecule has 0 aliphatic carbocycles. The molecule has 0 N–H and O–H groups in total. The van der Waals surface area contributed by atoms with Gasteiger partial charge in [0.25, 0.3) is 0 Å². The molecular formula is C16H15ClFIO. The zero-order chi connectivity index (χ0) is 14.5.